The lowest BCUT2D eigenvalue weighted by molar-refractivity contribution is 1.14. The Balaban J connectivity index is 2.84. The number of benzene rings is 1. The minimum atomic E-state index is 1.06. The first kappa shape index (κ1) is 8.12. The van der Waals surface area contributed by atoms with Crippen molar-refractivity contribution in [2.24, 2.45) is 0 Å². The van der Waals surface area contributed by atoms with Crippen LogP contribution < -0.4 is 4.72 Å². The Morgan fingerprint density at radius 2 is 2.36 bits per heavy atom. The third kappa shape index (κ3) is 2.26. The van der Waals surface area contributed by atoms with E-state index in [0.717, 1.165) is 23.5 Å². The molecule has 0 fully saturated rings. The molecule has 1 N–H and O–H groups in total. The Kier molecular flexibility index (Phi) is 2.96. The fourth-order valence-corrected chi connectivity index (χ4v) is 1.19. The Morgan fingerprint density at radius 1 is 1.55 bits per heavy atom. The molecule has 0 aliphatic rings. The normalized spacial score (nSPS) is 9.09. The van der Waals surface area contributed by atoms with Gasteiger partial charge in [-0.3, -0.25) is 0 Å². The van der Waals surface area contributed by atoms with Crippen LogP contribution in [0, 0.1) is 5.69 Å². The zero-order chi connectivity index (χ0) is 8.10. The average Bonchev–Trinajstić information content (AvgIpc) is 2.06. The molecule has 1 rings (SSSR count). The zero-order valence-corrected chi connectivity index (χ0v) is 7.32. The van der Waals surface area contributed by atoms with Gasteiger partial charge in [-0.25, -0.2) is 0 Å². The van der Waals surface area contributed by atoms with Crippen LogP contribution in [0.15, 0.2) is 24.3 Å². The van der Waals surface area contributed by atoms with E-state index in [4.69, 9.17) is 5.69 Å². The maximum absolute atomic E-state index is 5.26. The Labute approximate surface area is 71.2 Å². The lowest BCUT2D eigenvalue weighted by Gasteiger charge is -1.99. The summed E-state index contributed by atoms with van der Waals surface area (Å²) >= 11 is 1.12. The molecular weight excluding hydrogens is 154 g/mol. The molecule has 0 aliphatic carbocycles. The average molecular weight is 165 g/mol. The molecule has 0 spiro atoms. The van der Waals surface area contributed by atoms with Crippen LogP contribution in [-0.2, 0) is 6.42 Å². The number of hydrogen-bond acceptors (Lipinski definition) is 1. The molecular formula is C9H11NS. The molecule has 0 bridgehead atoms. The summed E-state index contributed by atoms with van der Waals surface area (Å²) in [6.07, 6.45) is 1.06. The van der Waals surface area contributed by atoms with E-state index in [2.05, 4.69) is 23.8 Å². The van der Waals surface area contributed by atoms with Crippen molar-refractivity contribution >= 4 is 17.0 Å². The molecule has 0 aliphatic heterocycles. The molecule has 1 nitrogen and oxygen atoms in total. The van der Waals surface area contributed by atoms with Crippen LogP contribution >= 0.6 is 11.4 Å². The van der Waals surface area contributed by atoms with Gasteiger partial charge in [0, 0.05) is 5.69 Å². The van der Waals surface area contributed by atoms with Crippen molar-refractivity contribution in [2.75, 3.05) is 4.72 Å². The molecule has 0 amide bonds. The first-order chi connectivity index (χ1) is 5.36. The van der Waals surface area contributed by atoms with Crippen molar-refractivity contribution in [2.45, 2.75) is 13.3 Å². The van der Waals surface area contributed by atoms with Crippen LogP contribution in [0.5, 0.6) is 0 Å². The number of nitrogens with one attached hydrogen (secondary N) is 1. The maximum atomic E-state index is 5.26. The Hall–Kier alpha value is -0.980. The van der Waals surface area contributed by atoms with E-state index in [9.17, 15) is 0 Å². The summed E-state index contributed by atoms with van der Waals surface area (Å²) in [6.45, 7) is 2.13. The Morgan fingerprint density at radius 3 is 3.00 bits per heavy atom. The van der Waals surface area contributed by atoms with Gasteiger partial charge < -0.3 is 4.72 Å². The highest BCUT2D eigenvalue weighted by molar-refractivity contribution is 7.89. The molecule has 1 aromatic carbocycles. The van der Waals surface area contributed by atoms with Crippen LogP contribution in [0.3, 0.4) is 0 Å². The van der Waals surface area contributed by atoms with E-state index >= 15 is 0 Å². The van der Waals surface area contributed by atoms with E-state index in [0.29, 0.717) is 0 Å². The molecule has 0 radical (unpaired) electrons. The smallest absolute Gasteiger partial charge is 0.0485 e. The maximum Gasteiger partial charge on any atom is 0.0485 e. The van der Waals surface area contributed by atoms with Crippen LogP contribution in [0.25, 0.3) is 0 Å². The van der Waals surface area contributed by atoms with E-state index < -0.39 is 0 Å². The van der Waals surface area contributed by atoms with Crippen LogP contribution in [0.2, 0.25) is 0 Å². The molecule has 0 unspecified atom stereocenters. The second-order valence-corrected chi connectivity index (χ2v) is 2.71. The molecule has 2 heteroatoms. The number of hydrogen-bond donors (Lipinski definition) is 1. The lowest BCUT2D eigenvalue weighted by atomic mass is 10.1. The molecule has 0 aromatic heterocycles. The largest absolute Gasteiger partial charge is 0.305 e. The van der Waals surface area contributed by atoms with E-state index in [1.807, 2.05) is 12.1 Å². The zero-order valence-electron chi connectivity index (χ0n) is 6.50. The van der Waals surface area contributed by atoms with Crippen molar-refractivity contribution in [3.05, 3.63) is 29.8 Å². The second kappa shape index (κ2) is 4.02. The standard InChI is InChI=1S/C9H11NS/c1-3-8-5-4-6-9(7-8)10-11-2/h2,4-7,10H,3H2,1H3. The Bertz CT molecular complexity index is 275. The van der Waals surface area contributed by atoms with E-state index in [1.54, 1.807) is 0 Å². The van der Waals surface area contributed by atoms with E-state index in [1.165, 1.54) is 5.56 Å². The summed E-state index contributed by atoms with van der Waals surface area (Å²) in [5.41, 5.74) is 7.65. The fraction of sp³-hybridized carbons (Fsp3) is 0.222. The van der Waals surface area contributed by atoms with Crippen molar-refractivity contribution in [3.8, 4) is 5.69 Å². The summed E-state index contributed by atoms with van der Waals surface area (Å²) in [7, 11) is 0. The van der Waals surface area contributed by atoms with Crippen molar-refractivity contribution < 1.29 is 0 Å². The summed E-state index contributed by atoms with van der Waals surface area (Å²) in [5, 5.41) is 0. The van der Waals surface area contributed by atoms with Gasteiger partial charge >= 0.3 is 0 Å². The molecule has 11 heavy (non-hydrogen) atoms. The molecule has 1 aromatic rings. The highest BCUT2D eigenvalue weighted by atomic mass is 32.1. The molecule has 0 saturated carbocycles. The third-order valence-corrected chi connectivity index (χ3v) is 1.87. The molecule has 0 atom stereocenters. The summed E-state index contributed by atoms with van der Waals surface area (Å²) in [5.74, 6) is 0. The first-order valence-electron chi connectivity index (χ1n) is 3.57. The van der Waals surface area contributed by atoms with Gasteiger partial charge in [-0.2, -0.15) is 0 Å². The van der Waals surface area contributed by atoms with E-state index in [-0.39, 0.29) is 0 Å². The van der Waals surface area contributed by atoms with Crippen LogP contribution in [0.4, 0.5) is 5.69 Å². The van der Waals surface area contributed by atoms with Gasteiger partial charge in [-0.15, -0.1) is 0 Å². The van der Waals surface area contributed by atoms with Crippen LogP contribution in [-0.4, -0.2) is 0 Å². The molecule has 0 saturated heterocycles. The predicted molar refractivity (Wildman–Crippen MR) is 52.0 cm³/mol. The minimum Gasteiger partial charge on any atom is -0.305 e. The van der Waals surface area contributed by atoms with Gasteiger partial charge in [-0.05, 0) is 35.5 Å². The lowest BCUT2D eigenvalue weighted by Crippen LogP contribution is -1.83. The molecule has 58 valence electrons. The van der Waals surface area contributed by atoms with Crippen molar-refractivity contribution in [1.29, 1.82) is 0 Å². The fourth-order valence-electron chi connectivity index (χ4n) is 0.923. The summed E-state index contributed by atoms with van der Waals surface area (Å²) < 4.78 is 2.98. The van der Waals surface area contributed by atoms with Gasteiger partial charge in [0.1, 0.15) is 0 Å². The van der Waals surface area contributed by atoms with Gasteiger partial charge in [-0.1, -0.05) is 24.7 Å². The van der Waals surface area contributed by atoms with Gasteiger partial charge in [0.2, 0.25) is 0 Å². The van der Waals surface area contributed by atoms with Gasteiger partial charge in [0.05, 0.1) is 0 Å². The second-order valence-electron chi connectivity index (χ2n) is 2.27. The number of rotatable bonds is 2. The van der Waals surface area contributed by atoms with Crippen molar-refractivity contribution in [3.63, 3.8) is 0 Å². The minimum absolute atomic E-state index is 1.06. The highest BCUT2D eigenvalue weighted by Gasteiger charge is 1.90. The quantitative estimate of drug-likeness (QED) is 0.664. The topological polar surface area (TPSA) is 12.0 Å². The van der Waals surface area contributed by atoms with Gasteiger partial charge in [0.25, 0.3) is 0 Å². The number of anilines is 1. The summed E-state index contributed by atoms with van der Waals surface area (Å²) in [4.78, 5) is 0. The predicted octanol–water partition coefficient (Wildman–Crippen LogP) is 2.90. The van der Waals surface area contributed by atoms with Crippen LogP contribution in [0.1, 0.15) is 12.5 Å². The summed E-state index contributed by atoms with van der Waals surface area (Å²) in [6, 6.07) is 8.22. The highest BCUT2D eigenvalue weighted by Crippen LogP contribution is 2.11. The number of aryl methyl sites for hydroxylation is 1. The van der Waals surface area contributed by atoms with Crippen molar-refractivity contribution in [1.82, 2.24) is 0 Å². The molecule has 0 heterocycles. The SMILES string of the molecule is C#SNc1cccc(CC)c1. The monoisotopic (exact) mass is 165 g/mol. The van der Waals surface area contributed by atoms with Gasteiger partial charge in [0.15, 0.2) is 0 Å². The third-order valence-electron chi connectivity index (χ3n) is 1.51. The first-order valence-corrected chi connectivity index (χ1v) is 4.45.